The fourth-order valence-corrected chi connectivity index (χ4v) is 2.34. The highest BCUT2D eigenvalue weighted by molar-refractivity contribution is 5.71. The van der Waals surface area contributed by atoms with Gasteiger partial charge in [0.2, 0.25) is 0 Å². The van der Waals surface area contributed by atoms with Crippen molar-refractivity contribution in [3.63, 3.8) is 0 Å². The zero-order chi connectivity index (χ0) is 15.4. The van der Waals surface area contributed by atoms with Crippen LogP contribution in [-0.2, 0) is 12.8 Å². The van der Waals surface area contributed by atoms with Crippen LogP contribution in [0.2, 0.25) is 0 Å². The molecule has 1 aromatic heterocycles. The van der Waals surface area contributed by atoms with Gasteiger partial charge in [0.1, 0.15) is 11.4 Å². The third-order valence-corrected chi connectivity index (χ3v) is 3.35. The molecule has 0 unspecified atom stereocenters. The molecular weight excluding hydrogens is 268 g/mol. The van der Waals surface area contributed by atoms with E-state index in [1.54, 1.807) is 16.8 Å². The minimum absolute atomic E-state index is 0.0693. The minimum atomic E-state index is -0.347. The lowest BCUT2D eigenvalue weighted by Crippen LogP contribution is -2.08. The van der Waals surface area contributed by atoms with Gasteiger partial charge in [-0.15, -0.1) is 0 Å². The maximum Gasteiger partial charge on any atom is 0.317 e. The van der Waals surface area contributed by atoms with Crippen LogP contribution in [0.5, 0.6) is 0 Å². The van der Waals surface area contributed by atoms with E-state index in [1.165, 1.54) is 0 Å². The Bertz CT molecular complexity index is 649. The third-order valence-electron chi connectivity index (χ3n) is 3.35. The summed E-state index contributed by atoms with van der Waals surface area (Å²) >= 11 is 0. The van der Waals surface area contributed by atoms with E-state index in [-0.39, 0.29) is 10.6 Å². The van der Waals surface area contributed by atoms with Gasteiger partial charge in [0, 0.05) is 12.2 Å². The SMILES string of the molecule is CCNc1cccc(-n2nc(CC)cc2CC)c1[N+](=O)[O-]. The molecule has 1 heterocycles. The van der Waals surface area contributed by atoms with Crippen LogP contribution >= 0.6 is 0 Å². The maximum absolute atomic E-state index is 11.5. The fourth-order valence-electron chi connectivity index (χ4n) is 2.34. The molecule has 21 heavy (non-hydrogen) atoms. The van der Waals surface area contributed by atoms with Gasteiger partial charge in [-0.25, -0.2) is 4.68 Å². The van der Waals surface area contributed by atoms with E-state index in [0.717, 1.165) is 24.2 Å². The van der Waals surface area contributed by atoms with Gasteiger partial charge in [-0.2, -0.15) is 5.10 Å². The van der Waals surface area contributed by atoms with E-state index in [1.807, 2.05) is 32.9 Å². The lowest BCUT2D eigenvalue weighted by Gasteiger charge is -2.10. The number of benzene rings is 1. The first-order valence-corrected chi connectivity index (χ1v) is 7.21. The van der Waals surface area contributed by atoms with Crippen LogP contribution in [-0.4, -0.2) is 21.2 Å². The molecular formula is C15H20N4O2. The summed E-state index contributed by atoms with van der Waals surface area (Å²) in [7, 11) is 0. The zero-order valence-corrected chi connectivity index (χ0v) is 12.6. The van der Waals surface area contributed by atoms with Gasteiger partial charge in [-0.05, 0) is 38.0 Å². The normalized spacial score (nSPS) is 10.6. The van der Waals surface area contributed by atoms with Crippen LogP contribution < -0.4 is 5.32 Å². The van der Waals surface area contributed by atoms with Crippen molar-refractivity contribution in [1.82, 2.24) is 9.78 Å². The number of nitro benzene ring substituents is 1. The first-order valence-electron chi connectivity index (χ1n) is 7.21. The molecule has 0 amide bonds. The van der Waals surface area contributed by atoms with Crippen molar-refractivity contribution in [2.75, 3.05) is 11.9 Å². The Hall–Kier alpha value is -2.37. The van der Waals surface area contributed by atoms with E-state index >= 15 is 0 Å². The summed E-state index contributed by atoms with van der Waals surface area (Å²) in [4.78, 5) is 11.1. The largest absolute Gasteiger partial charge is 0.380 e. The number of aryl methyl sites for hydroxylation is 2. The lowest BCUT2D eigenvalue weighted by atomic mass is 10.2. The van der Waals surface area contributed by atoms with Crippen molar-refractivity contribution in [3.8, 4) is 5.69 Å². The molecule has 0 aliphatic carbocycles. The summed E-state index contributed by atoms with van der Waals surface area (Å²) in [5.74, 6) is 0. The second kappa shape index (κ2) is 6.39. The van der Waals surface area contributed by atoms with Crippen LogP contribution in [0.1, 0.15) is 32.2 Å². The van der Waals surface area contributed by atoms with Crippen molar-refractivity contribution >= 4 is 11.4 Å². The number of nitrogens with zero attached hydrogens (tertiary/aromatic N) is 3. The molecule has 0 atom stereocenters. The molecule has 2 aromatic rings. The summed E-state index contributed by atoms with van der Waals surface area (Å²) in [6, 6.07) is 7.28. The average Bonchev–Trinajstić information content (AvgIpc) is 2.90. The van der Waals surface area contributed by atoms with Crippen LogP contribution in [0.25, 0.3) is 5.69 Å². The Balaban J connectivity index is 2.65. The molecule has 1 aromatic carbocycles. The quantitative estimate of drug-likeness (QED) is 0.653. The number of rotatable bonds is 6. The van der Waals surface area contributed by atoms with E-state index in [4.69, 9.17) is 0 Å². The molecule has 0 aliphatic rings. The Labute approximate surface area is 123 Å². The molecule has 6 heteroatoms. The number of nitrogens with one attached hydrogen (secondary N) is 1. The van der Waals surface area contributed by atoms with E-state index in [0.29, 0.717) is 17.9 Å². The number of para-hydroxylation sites is 1. The number of aromatic nitrogens is 2. The van der Waals surface area contributed by atoms with Crippen molar-refractivity contribution < 1.29 is 4.92 Å². The number of anilines is 1. The van der Waals surface area contributed by atoms with Crippen molar-refractivity contribution in [2.24, 2.45) is 0 Å². The van der Waals surface area contributed by atoms with Crippen molar-refractivity contribution in [1.29, 1.82) is 0 Å². The highest BCUT2D eigenvalue weighted by Crippen LogP contribution is 2.32. The molecule has 0 fully saturated rings. The van der Waals surface area contributed by atoms with Crippen molar-refractivity contribution in [2.45, 2.75) is 33.6 Å². The average molecular weight is 288 g/mol. The Morgan fingerprint density at radius 1 is 1.29 bits per heavy atom. The summed E-state index contributed by atoms with van der Waals surface area (Å²) in [5.41, 5.74) is 3.02. The van der Waals surface area contributed by atoms with Crippen LogP contribution in [0, 0.1) is 10.1 Å². The predicted molar refractivity (Wildman–Crippen MR) is 83.1 cm³/mol. The van der Waals surface area contributed by atoms with Crippen LogP contribution in [0.3, 0.4) is 0 Å². The highest BCUT2D eigenvalue weighted by atomic mass is 16.6. The van der Waals surface area contributed by atoms with Gasteiger partial charge in [0.25, 0.3) is 0 Å². The predicted octanol–water partition coefficient (Wildman–Crippen LogP) is 3.34. The lowest BCUT2D eigenvalue weighted by molar-refractivity contribution is -0.383. The number of nitro groups is 1. The van der Waals surface area contributed by atoms with Gasteiger partial charge in [-0.1, -0.05) is 19.9 Å². The smallest absolute Gasteiger partial charge is 0.317 e. The second-order valence-electron chi connectivity index (χ2n) is 4.71. The summed E-state index contributed by atoms with van der Waals surface area (Å²) in [6.07, 6.45) is 1.58. The van der Waals surface area contributed by atoms with Crippen molar-refractivity contribution in [3.05, 3.63) is 45.8 Å². The van der Waals surface area contributed by atoms with Gasteiger partial charge >= 0.3 is 5.69 Å². The topological polar surface area (TPSA) is 73.0 Å². The summed E-state index contributed by atoms with van der Waals surface area (Å²) < 4.78 is 1.69. The van der Waals surface area contributed by atoms with Gasteiger partial charge in [0.05, 0.1) is 10.6 Å². The van der Waals surface area contributed by atoms with Crippen LogP contribution in [0.15, 0.2) is 24.3 Å². The Kier molecular flexibility index (Phi) is 4.57. The fraction of sp³-hybridized carbons (Fsp3) is 0.400. The highest BCUT2D eigenvalue weighted by Gasteiger charge is 2.22. The summed E-state index contributed by atoms with van der Waals surface area (Å²) in [6.45, 7) is 6.59. The molecule has 0 radical (unpaired) electrons. The van der Waals surface area contributed by atoms with E-state index < -0.39 is 0 Å². The molecule has 0 spiro atoms. The van der Waals surface area contributed by atoms with Crippen LogP contribution in [0.4, 0.5) is 11.4 Å². The summed E-state index contributed by atoms with van der Waals surface area (Å²) in [5, 5.41) is 19.0. The van der Waals surface area contributed by atoms with Gasteiger partial charge < -0.3 is 5.32 Å². The Morgan fingerprint density at radius 3 is 2.62 bits per heavy atom. The third kappa shape index (κ3) is 2.89. The molecule has 0 saturated heterocycles. The monoisotopic (exact) mass is 288 g/mol. The molecule has 0 saturated carbocycles. The number of hydrogen-bond acceptors (Lipinski definition) is 4. The molecule has 0 bridgehead atoms. The standard InChI is InChI=1S/C15H20N4O2/c1-4-11-10-12(5-2)18(17-11)14-9-7-8-13(16-6-3)15(14)19(20)21/h7-10,16H,4-6H2,1-3H3. The first-order chi connectivity index (χ1) is 10.1. The Morgan fingerprint density at radius 2 is 2.05 bits per heavy atom. The minimum Gasteiger partial charge on any atom is -0.380 e. The number of hydrogen-bond donors (Lipinski definition) is 1. The zero-order valence-electron chi connectivity index (χ0n) is 12.6. The molecule has 6 nitrogen and oxygen atoms in total. The van der Waals surface area contributed by atoms with E-state index in [2.05, 4.69) is 10.4 Å². The second-order valence-corrected chi connectivity index (χ2v) is 4.71. The van der Waals surface area contributed by atoms with Gasteiger partial charge in [0.15, 0.2) is 0 Å². The molecule has 112 valence electrons. The maximum atomic E-state index is 11.5. The molecule has 2 rings (SSSR count). The first kappa shape index (κ1) is 15.0. The molecule has 1 N–H and O–H groups in total. The molecule has 0 aliphatic heterocycles. The van der Waals surface area contributed by atoms with E-state index in [9.17, 15) is 10.1 Å². The van der Waals surface area contributed by atoms with Gasteiger partial charge in [-0.3, -0.25) is 10.1 Å².